The van der Waals surface area contributed by atoms with Crippen LogP contribution >= 0.6 is 12.4 Å². The molecule has 3 N–H and O–H groups in total. The molecule has 0 aromatic carbocycles. The van der Waals surface area contributed by atoms with Gasteiger partial charge in [0.25, 0.3) is 0 Å². The van der Waals surface area contributed by atoms with E-state index in [4.69, 9.17) is 5.73 Å². The molecule has 3 nitrogen and oxygen atoms in total. The largest absolute Gasteiger partial charge is 0.353 e. The number of carbonyl (C=O) groups excluding carboxylic acids is 1. The third-order valence-corrected chi connectivity index (χ3v) is 3.00. The second-order valence-electron chi connectivity index (χ2n) is 5.84. The lowest BCUT2D eigenvalue weighted by molar-refractivity contribution is -0.123. The number of hydrogen-bond donors (Lipinski definition) is 2. The Hall–Kier alpha value is -0.280. The zero-order valence-corrected chi connectivity index (χ0v) is 11.4. The Morgan fingerprint density at radius 3 is 2.50 bits per heavy atom. The zero-order valence-electron chi connectivity index (χ0n) is 10.6. The maximum Gasteiger partial charge on any atom is 0.220 e. The van der Waals surface area contributed by atoms with Gasteiger partial charge in [0.05, 0.1) is 0 Å². The standard InChI is InChI=1S/C12H24N2O.ClH/c1-12(2,3)7-11(15)14-10-6-4-5-9(10)8-13;/h9-10H,4-8,13H2,1-3H3,(H,14,15);1H. The number of rotatable bonds is 3. The molecule has 0 radical (unpaired) electrons. The van der Waals surface area contributed by atoms with Crippen molar-refractivity contribution in [1.82, 2.24) is 5.32 Å². The van der Waals surface area contributed by atoms with E-state index < -0.39 is 0 Å². The second-order valence-corrected chi connectivity index (χ2v) is 5.84. The molecule has 0 aromatic heterocycles. The summed E-state index contributed by atoms with van der Waals surface area (Å²) in [6, 6.07) is 0.324. The van der Waals surface area contributed by atoms with Gasteiger partial charge in [-0.05, 0) is 30.7 Å². The summed E-state index contributed by atoms with van der Waals surface area (Å²) in [6.07, 6.45) is 4.05. The van der Waals surface area contributed by atoms with E-state index in [2.05, 4.69) is 26.1 Å². The van der Waals surface area contributed by atoms with Crippen LogP contribution in [-0.2, 0) is 4.79 Å². The van der Waals surface area contributed by atoms with Crippen LogP contribution in [0.2, 0.25) is 0 Å². The average molecular weight is 249 g/mol. The first-order chi connectivity index (χ1) is 6.92. The normalized spacial score (nSPS) is 25.0. The summed E-state index contributed by atoms with van der Waals surface area (Å²) < 4.78 is 0. The summed E-state index contributed by atoms with van der Waals surface area (Å²) in [4.78, 5) is 11.7. The molecule has 4 heteroatoms. The van der Waals surface area contributed by atoms with Crippen molar-refractivity contribution in [2.45, 2.75) is 52.5 Å². The van der Waals surface area contributed by atoms with Crippen molar-refractivity contribution in [2.75, 3.05) is 6.54 Å². The van der Waals surface area contributed by atoms with Crippen LogP contribution in [0, 0.1) is 11.3 Å². The first-order valence-corrected chi connectivity index (χ1v) is 5.92. The van der Waals surface area contributed by atoms with Crippen LogP contribution in [0.1, 0.15) is 46.5 Å². The van der Waals surface area contributed by atoms with Crippen LogP contribution in [0.5, 0.6) is 0 Å². The van der Waals surface area contributed by atoms with Gasteiger partial charge in [-0.15, -0.1) is 12.4 Å². The predicted octanol–water partition coefficient (Wildman–Crippen LogP) is 2.09. The molecule has 0 aromatic rings. The SMILES string of the molecule is CC(C)(C)CC(=O)NC1CCCC1CN.Cl. The van der Waals surface area contributed by atoms with E-state index >= 15 is 0 Å². The van der Waals surface area contributed by atoms with E-state index in [1.165, 1.54) is 6.42 Å². The lowest BCUT2D eigenvalue weighted by Gasteiger charge is -2.23. The number of halogens is 1. The first-order valence-electron chi connectivity index (χ1n) is 5.92. The van der Waals surface area contributed by atoms with Gasteiger partial charge in [-0.25, -0.2) is 0 Å². The molecule has 1 fully saturated rings. The molecule has 0 heterocycles. The minimum atomic E-state index is 0. The molecule has 1 aliphatic rings. The fraction of sp³-hybridized carbons (Fsp3) is 0.917. The highest BCUT2D eigenvalue weighted by molar-refractivity contribution is 5.85. The van der Waals surface area contributed by atoms with E-state index in [1.54, 1.807) is 0 Å². The van der Waals surface area contributed by atoms with Crippen molar-refractivity contribution >= 4 is 18.3 Å². The van der Waals surface area contributed by atoms with Gasteiger partial charge in [-0.2, -0.15) is 0 Å². The van der Waals surface area contributed by atoms with Crippen molar-refractivity contribution in [3.8, 4) is 0 Å². The van der Waals surface area contributed by atoms with Gasteiger partial charge in [0, 0.05) is 12.5 Å². The quantitative estimate of drug-likeness (QED) is 0.804. The zero-order chi connectivity index (χ0) is 11.5. The van der Waals surface area contributed by atoms with Gasteiger partial charge in [-0.1, -0.05) is 27.2 Å². The van der Waals surface area contributed by atoms with E-state index in [9.17, 15) is 4.79 Å². The van der Waals surface area contributed by atoms with Gasteiger partial charge >= 0.3 is 0 Å². The molecule has 0 spiro atoms. The van der Waals surface area contributed by atoms with Gasteiger partial charge in [-0.3, -0.25) is 4.79 Å². The third-order valence-electron chi connectivity index (χ3n) is 3.00. The van der Waals surface area contributed by atoms with Gasteiger partial charge in [0.15, 0.2) is 0 Å². The van der Waals surface area contributed by atoms with E-state index in [1.807, 2.05) is 0 Å². The predicted molar refractivity (Wildman–Crippen MR) is 69.6 cm³/mol. The maximum atomic E-state index is 11.7. The fourth-order valence-corrected chi connectivity index (χ4v) is 2.25. The van der Waals surface area contributed by atoms with E-state index in [-0.39, 0.29) is 23.7 Å². The van der Waals surface area contributed by atoms with Crippen LogP contribution in [-0.4, -0.2) is 18.5 Å². The summed E-state index contributed by atoms with van der Waals surface area (Å²) in [6.45, 7) is 6.95. The Bertz CT molecular complexity index is 226. The van der Waals surface area contributed by atoms with Crippen molar-refractivity contribution in [2.24, 2.45) is 17.1 Å². The highest BCUT2D eigenvalue weighted by Gasteiger charge is 2.28. The van der Waals surface area contributed by atoms with Crippen LogP contribution in [0.3, 0.4) is 0 Å². The van der Waals surface area contributed by atoms with Crippen molar-refractivity contribution < 1.29 is 4.79 Å². The Morgan fingerprint density at radius 2 is 2.00 bits per heavy atom. The number of carbonyl (C=O) groups is 1. The molecule has 1 saturated carbocycles. The molecule has 1 amide bonds. The van der Waals surface area contributed by atoms with Gasteiger partial charge < -0.3 is 11.1 Å². The highest BCUT2D eigenvalue weighted by Crippen LogP contribution is 2.25. The molecule has 2 atom stereocenters. The number of nitrogens with two attached hydrogens (primary N) is 1. The Balaban J connectivity index is 0.00000225. The first kappa shape index (κ1) is 15.7. The molecule has 0 saturated heterocycles. The minimum absolute atomic E-state index is 0. The molecule has 96 valence electrons. The molecule has 0 aliphatic heterocycles. The summed E-state index contributed by atoms with van der Waals surface area (Å²) in [5.41, 5.74) is 5.75. The van der Waals surface area contributed by atoms with Crippen molar-refractivity contribution in [3.05, 3.63) is 0 Å². The molecule has 1 aliphatic carbocycles. The van der Waals surface area contributed by atoms with Crippen LogP contribution in [0.25, 0.3) is 0 Å². The smallest absolute Gasteiger partial charge is 0.220 e. The maximum absolute atomic E-state index is 11.7. The van der Waals surface area contributed by atoms with Crippen LogP contribution in [0.4, 0.5) is 0 Å². The second kappa shape index (κ2) is 6.45. The Morgan fingerprint density at radius 1 is 1.38 bits per heavy atom. The molecule has 0 bridgehead atoms. The number of nitrogens with one attached hydrogen (secondary N) is 1. The lowest BCUT2D eigenvalue weighted by Crippen LogP contribution is -2.41. The average Bonchev–Trinajstić information content (AvgIpc) is 2.48. The number of amides is 1. The summed E-state index contributed by atoms with van der Waals surface area (Å²) >= 11 is 0. The molecular formula is C12H25ClN2O. The van der Waals surface area contributed by atoms with Gasteiger partial charge in [0.1, 0.15) is 0 Å². The molecular weight excluding hydrogens is 224 g/mol. The van der Waals surface area contributed by atoms with E-state index in [0.29, 0.717) is 24.9 Å². The van der Waals surface area contributed by atoms with Crippen molar-refractivity contribution in [3.63, 3.8) is 0 Å². The summed E-state index contributed by atoms with van der Waals surface area (Å²) in [5, 5.41) is 3.12. The summed E-state index contributed by atoms with van der Waals surface area (Å²) in [7, 11) is 0. The molecule has 16 heavy (non-hydrogen) atoms. The summed E-state index contributed by atoms with van der Waals surface area (Å²) in [5.74, 6) is 0.668. The molecule has 1 rings (SSSR count). The Kier molecular flexibility index (Phi) is 6.34. The highest BCUT2D eigenvalue weighted by atomic mass is 35.5. The number of hydrogen-bond acceptors (Lipinski definition) is 2. The Labute approximate surface area is 105 Å². The minimum Gasteiger partial charge on any atom is -0.353 e. The lowest BCUT2D eigenvalue weighted by atomic mass is 9.91. The van der Waals surface area contributed by atoms with Crippen LogP contribution < -0.4 is 11.1 Å². The molecule has 2 unspecified atom stereocenters. The fourth-order valence-electron chi connectivity index (χ4n) is 2.25. The topological polar surface area (TPSA) is 55.1 Å². The van der Waals surface area contributed by atoms with Crippen molar-refractivity contribution in [1.29, 1.82) is 0 Å². The van der Waals surface area contributed by atoms with E-state index in [0.717, 1.165) is 12.8 Å². The van der Waals surface area contributed by atoms with Crippen LogP contribution in [0.15, 0.2) is 0 Å². The monoisotopic (exact) mass is 248 g/mol. The third kappa shape index (κ3) is 5.17. The van der Waals surface area contributed by atoms with Gasteiger partial charge in [0.2, 0.25) is 5.91 Å².